The van der Waals surface area contributed by atoms with Gasteiger partial charge in [-0.25, -0.2) is 0 Å². The van der Waals surface area contributed by atoms with Gasteiger partial charge >= 0.3 is 0 Å². The van der Waals surface area contributed by atoms with Gasteiger partial charge in [0.05, 0.1) is 11.0 Å². The van der Waals surface area contributed by atoms with Crippen LogP contribution in [0.2, 0.25) is 0 Å². The van der Waals surface area contributed by atoms with E-state index in [1.165, 1.54) is 0 Å². The van der Waals surface area contributed by atoms with Gasteiger partial charge in [0.25, 0.3) is 0 Å². The molecule has 0 bridgehead atoms. The smallest absolute Gasteiger partial charge is 0.235 e. The third-order valence-electron chi connectivity index (χ3n) is 3.45. The standard InChI is InChI=1S/C16H17N3O2S/c1-3-8-21-12-7-5-4-6-11(12)15-14-10(2)18-19-16(14)17-13(20)9-22-15/h3-7,15H,1,8-9H2,2H3,(H2,17,18,19,20)/t15-/m0/s1. The molecule has 3 rings (SSSR count). The van der Waals surface area contributed by atoms with Gasteiger partial charge in [-0.15, -0.1) is 11.8 Å². The number of para-hydroxylation sites is 1. The Morgan fingerprint density at radius 3 is 3.14 bits per heavy atom. The van der Waals surface area contributed by atoms with Crippen LogP contribution in [0.25, 0.3) is 0 Å². The van der Waals surface area contributed by atoms with E-state index >= 15 is 0 Å². The fourth-order valence-electron chi connectivity index (χ4n) is 2.49. The minimum atomic E-state index is -0.0373. The molecule has 1 atom stereocenters. The summed E-state index contributed by atoms with van der Waals surface area (Å²) in [6, 6.07) is 7.89. The predicted molar refractivity (Wildman–Crippen MR) is 88.4 cm³/mol. The van der Waals surface area contributed by atoms with Gasteiger partial charge in [-0.1, -0.05) is 30.9 Å². The summed E-state index contributed by atoms with van der Waals surface area (Å²) in [6.07, 6.45) is 1.72. The maximum Gasteiger partial charge on any atom is 0.235 e. The maximum atomic E-state index is 11.9. The number of carbonyl (C=O) groups excluding carboxylic acids is 1. The van der Waals surface area contributed by atoms with Gasteiger partial charge in [-0.2, -0.15) is 5.10 Å². The van der Waals surface area contributed by atoms with Gasteiger partial charge in [0.1, 0.15) is 12.4 Å². The summed E-state index contributed by atoms with van der Waals surface area (Å²) in [7, 11) is 0. The molecule has 0 saturated heterocycles. The molecule has 0 fully saturated rings. The number of carbonyl (C=O) groups is 1. The minimum absolute atomic E-state index is 0.00582. The van der Waals surface area contributed by atoms with E-state index in [1.807, 2.05) is 31.2 Å². The summed E-state index contributed by atoms with van der Waals surface area (Å²) < 4.78 is 5.77. The molecular formula is C16H17N3O2S. The SMILES string of the molecule is C=CCOc1ccccc1[C@@H]1SCC(=O)Nc2n[nH]c(C)c21. The van der Waals surface area contributed by atoms with E-state index in [9.17, 15) is 4.79 Å². The third kappa shape index (κ3) is 2.74. The van der Waals surface area contributed by atoms with Gasteiger partial charge < -0.3 is 10.1 Å². The van der Waals surface area contributed by atoms with Crippen LogP contribution in [0.5, 0.6) is 5.75 Å². The molecule has 1 aromatic heterocycles. The van der Waals surface area contributed by atoms with Crippen molar-refractivity contribution in [2.75, 3.05) is 17.7 Å². The van der Waals surface area contributed by atoms with E-state index in [4.69, 9.17) is 4.74 Å². The molecule has 0 aliphatic carbocycles. The van der Waals surface area contributed by atoms with Crippen molar-refractivity contribution in [2.24, 2.45) is 0 Å². The van der Waals surface area contributed by atoms with Crippen LogP contribution in [0.4, 0.5) is 5.82 Å². The second-order valence-electron chi connectivity index (χ2n) is 4.99. The summed E-state index contributed by atoms with van der Waals surface area (Å²) >= 11 is 1.58. The molecule has 1 amide bonds. The topological polar surface area (TPSA) is 67.0 Å². The molecule has 2 aromatic rings. The lowest BCUT2D eigenvalue weighted by molar-refractivity contribution is -0.113. The monoisotopic (exact) mass is 315 g/mol. The predicted octanol–water partition coefficient (Wildman–Crippen LogP) is 3.06. The van der Waals surface area contributed by atoms with Crippen LogP contribution in [-0.2, 0) is 4.79 Å². The van der Waals surface area contributed by atoms with E-state index in [0.717, 1.165) is 22.6 Å². The third-order valence-corrected chi connectivity index (χ3v) is 4.71. The number of H-pyrrole nitrogens is 1. The number of benzene rings is 1. The maximum absolute atomic E-state index is 11.9. The molecule has 2 N–H and O–H groups in total. The Balaban J connectivity index is 2.06. The molecule has 1 aliphatic rings. The second-order valence-corrected chi connectivity index (χ2v) is 6.08. The Morgan fingerprint density at radius 1 is 1.50 bits per heavy atom. The Kier molecular flexibility index (Phi) is 4.20. The van der Waals surface area contributed by atoms with Crippen molar-refractivity contribution in [1.29, 1.82) is 0 Å². The zero-order valence-corrected chi connectivity index (χ0v) is 13.1. The highest BCUT2D eigenvalue weighted by molar-refractivity contribution is 8.00. The lowest BCUT2D eigenvalue weighted by Gasteiger charge is -2.18. The molecule has 6 heteroatoms. The van der Waals surface area contributed by atoms with Gasteiger partial charge in [-0.3, -0.25) is 9.89 Å². The number of aromatic nitrogens is 2. The number of rotatable bonds is 4. The van der Waals surface area contributed by atoms with Gasteiger partial charge in [0, 0.05) is 16.8 Å². The molecular weight excluding hydrogens is 298 g/mol. The van der Waals surface area contributed by atoms with E-state index in [-0.39, 0.29) is 11.2 Å². The molecule has 1 aromatic carbocycles. The molecule has 22 heavy (non-hydrogen) atoms. The second kappa shape index (κ2) is 6.27. The van der Waals surface area contributed by atoms with Crippen LogP contribution in [0.1, 0.15) is 22.1 Å². The number of nitrogens with zero attached hydrogens (tertiary/aromatic N) is 1. The fourth-order valence-corrected chi connectivity index (χ4v) is 3.71. The minimum Gasteiger partial charge on any atom is -0.489 e. The number of fused-ring (bicyclic) bond motifs is 1. The lowest BCUT2D eigenvalue weighted by Crippen LogP contribution is -2.12. The number of aryl methyl sites for hydroxylation is 1. The molecule has 5 nitrogen and oxygen atoms in total. The van der Waals surface area contributed by atoms with Crippen molar-refractivity contribution in [3.63, 3.8) is 0 Å². The van der Waals surface area contributed by atoms with E-state index in [2.05, 4.69) is 22.1 Å². The van der Waals surface area contributed by atoms with Crippen molar-refractivity contribution >= 4 is 23.5 Å². The van der Waals surface area contributed by atoms with Gasteiger partial charge in [0.2, 0.25) is 5.91 Å². The molecule has 0 saturated carbocycles. The summed E-state index contributed by atoms with van der Waals surface area (Å²) in [5, 5.41) is 10.0. The van der Waals surface area contributed by atoms with Crippen molar-refractivity contribution in [1.82, 2.24) is 10.2 Å². The van der Waals surface area contributed by atoms with E-state index in [0.29, 0.717) is 18.2 Å². The molecule has 0 unspecified atom stereocenters. The van der Waals surface area contributed by atoms with Crippen LogP contribution >= 0.6 is 11.8 Å². The quantitative estimate of drug-likeness (QED) is 0.851. The summed E-state index contributed by atoms with van der Waals surface area (Å²) in [5.41, 5.74) is 3.00. The molecule has 0 spiro atoms. The van der Waals surface area contributed by atoms with Crippen molar-refractivity contribution < 1.29 is 9.53 Å². The number of thioether (sulfide) groups is 1. The van der Waals surface area contributed by atoms with E-state index < -0.39 is 0 Å². The largest absolute Gasteiger partial charge is 0.489 e. The average molecular weight is 315 g/mol. The van der Waals surface area contributed by atoms with Crippen molar-refractivity contribution in [3.05, 3.63) is 53.7 Å². The first kappa shape index (κ1) is 14.7. The van der Waals surface area contributed by atoms with Crippen molar-refractivity contribution in [3.8, 4) is 5.75 Å². The number of aromatic amines is 1. The van der Waals surface area contributed by atoms with Gasteiger partial charge in [0.15, 0.2) is 5.82 Å². The van der Waals surface area contributed by atoms with Crippen LogP contribution in [0.3, 0.4) is 0 Å². The number of amides is 1. The Hall–Kier alpha value is -2.21. The van der Waals surface area contributed by atoms with E-state index in [1.54, 1.807) is 17.8 Å². The number of ether oxygens (including phenoxy) is 1. The van der Waals surface area contributed by atoms with Crippen LogP contribution in [0.15, 0.2) is 36.9 Å². The number of hydrogen-bond acceptors (Lipinski definition) is 4. The van der Waals surface area contributed by atoms with Crippen LogP contribution < -0.4 is 10.1 Å². The zero-order chi connectivity index (χ0) is 15.5. The normalized spacial score (nSPS) is 17.3. The summed E-state index contributed by atoms with van der Waals surface area (Å²) in [4.78, 5) is 11.9. The molecule has 2 heterocycles. The Bertz CT molecular complexity index is 711. The molecule has 1 aliphatic heterocycles. The Morgan fingerprint density at radius 2 is 2.32 bits per heavy atom. The van der Waals surface area contributed by atoms with Crippen molar-refractivity contribution in [2.45, 2.75) is 12.2 Å². The first-order chi connectivity index (χ1) is 10.7. The zero-order valence-electron chi connectivity index (χ0n) is 12.3. The molecule has 0 radical (unpaired) electrons. The number of hydrogen-bond donors (Lipinski definition) is 2. The average Bonchev–Trinajstić information content (AvgIpc) is 2.78. The number of nitrogens with one attached hydrogen (secondary N) is 2. The first-order valence-corrected chi connectivity index (χ1v) is 8.04. The highest BCUT2D eigenvalue weighted by Crippen LogP contribution is 2.45. The first-order valence-electron chi connectivity index (χ1n) is 6.99. The molecule has 114 valence electrons. The van der Waals surface area contributed by atoms with Crippen LogP contribution in [0, 0.1) is 6.92 Å². The lowest BCUT2D eigenvalue weighted by atomic mass is 10.0. The summed E-state index contributed by atoms with van der Waals surface area (Å²) in [6.45, 7) is 6.09. The highest BCUT2D eigenvalue weighted by Gasteiger charge is 2.29. The highest BCUT2D eigenvalue weighted by atomic mass is 32.2. The van der Waals surface area contributed by atoms with Gasteiger partial charge in [-0.05, 0) is 13.0 Å². The van der Waals surface area contributed by atoms with Crippen LogP contribution in [-0.4, -0.2) is 28.5 Å². The fraction of sp³-hybridized carbons (Fsp3) is 0.250. The Labute approximate surface area is 133 Å². The number of anilines is 1. The summed E-state index contributed by atoms with van der Waals surface area (Å²) in [5.74, 6) is 1.76.